The Morgan fingerprint density at radius 1 is 1.03 bits per heavy atom. The molecule has 0 bridgehead atoms. The Kier molecular flexibility index (Phi) is 6.63. The highest BCUT2D eigenvalue weighted by Crippen LogP contribution is 2.34. The second-order valence-corrected chi connectivity index (χ2v) is 8.65. The molecule has 4 aromatic rings. The van der Waals surface area contributed by atoms with Gasteiger partial charge >= 0.3 is 0 Å². The first-order valence-electron chi connectivity index (χ1n) is 11.7. The smallest absolute Gasteiger partial charge is 0.235 e. The summed E-state index contributed by atoms with van der Waals surface area (Å²) < 4.78 is 40.6. The number of fused-ring (bicyclic) bond motifs is 1. The monoisotopic (exact) mass is 480 g/mol. The van der Waals surface area contributed by atoms with Crippen LogP contribution in [0, 0.1) is 18.6 Å². The molecule has 0 radical (unpaired) electrons. The summed E-state index contributed by atoms with van der Waals surface area (Å²) in [5.74, 6) is -0.389. The molecule has 1 saturated heterocycles. The Balaban J connectivity index is 0.000000265. The van der Waals surface area contributed by atoms with E-state index >= 15 is 0 Å². The molecule has 0 unspecified atom stereocenters. The maximum absolute atomic E-state index is 14.5. The third-order valence-corrected chi connectivity index (χ3v) is 6.09. The van der Waals surface area contributed by atoms with E-state index in [1.54, 1.807) is 6.92 Å². The Hall–Kier alpha value is -3.53. The summed E-state index contributed by atoms with van der Waals surface area (Å²) in [5.41, 5.74) is 1.69. The van der Waals surface area contributed by atoms with E-state index < -0.39 is 11.6 Å². The highest BCUT2D eigenvalue weighted by molar-refractivity contribution is 5.87. The van der Waals surface area contributed by atoms with E-state index in [0.717, 1.165) is 24.9 Å². The Labute approximate surface area is 201 Å². The molecule has 0 atom stereocenters. The lowest BCUT2D eigenvalue weighted by Crippen LogP contribution is -2.17. The maximum atomic E-state index is 14.5. The van der Waals surface area contributed by atoms with Crippen molar-refractivity contribution in [1.29, 1.82) is 0 Å². The van der Waals surface area contributed by atoms with E-state index in [1.807, 2.05) is 23.1 Å². The molecule has 1 saturated carbocycles. The van der Waals surface area contributed by atoms with Crippen molar-refractivity contribution in [3.05, 3.63) is 59.8 Å². The van der Waals surface area contributed by atoms with Crippen LogP contribution in [0.15, 0.2) is 36.7 Å². The number of aryl methyl sites for hydroxylation is 1. The van der Waals surface area contributed by atoms with Gasteiger partial charge in [0.15, 0.2) is 5.65 Å². The molecule has 0 spiro atoms. The highest BCUT2D eigenvalue weighted by atomic mass is 19.1. The predicted molar refractivity (Wildman–Crippen MR) is 125 cm³/mol. The van der Waals surface area contributed by atoms with Crippen molar-refractivity contribution in [2.45, 2.75) is 44.6 Å². The number of hydrogen-bond acceptors (Lipinski definition) is 7. The van der Waals surface area contributed by atoms with Gasteiger partial charge in [-0.05, 0) is 50.8 Å². The lowest BCUT2D eigenvalue weighted by Gasteiger charge is -2.21. The summed E-state index contributed by atoms with van der Waals surface area (Å²) in [6.45, 7) is 3.01. The van der Waals surface area contributed by atoms with Gasteiger partial charge in [-0.15, -0.1) is 0 Å². The van der Waals surface area contributed by atoms with E-state index in [2.05, 4.69) is 25.0 Å². The van der Waals surface area contributed by atoms with Crippen molar-refractivity contribution in [3.8, 4) is 17.1 Å². The molecule has 1 aromatic carbocycles. The van der Waals surface area contributed by atoms with Crippen LogP contribution in [0.5, 0.6) is 5.88 Å². The molecule has 8 nitrogen and oxygen atoms in total. The minimum atomic E-state index is -0.714. The van der Waals surface area contributed by atoms with Crippen LogP contribution in [0.2, 0.25) is 0 Å². The fourth-order valence-corrected chi connectivity index (χ4v) is 4.07. The first kappa shape index (κ1) is 23.2. The van der Waals surface area contributed by atoms with Gasteiger partial charge in [-0.1, -0.05) is 0 Å². The van der Waals surface area contributed by atoms with Gasteiger partial charge in [0.05, 0.1) is 13.2 Å². The summed E-state index contributed by atoms with van der Waals surface area (Å²) in [5, 5.41) is 4.09. The zero-order valence-corrected chi connectivity index (χ0v) is 19.6. The lowest BCUT2D eigenvalue weighted by molar-refractivity contribution is 0.0836. The second-order valence-electron chi connectivity index (χ2n) is 8.65. The molecule has 1 aliphatic heterocycles. The molecule has 35 heavy (non-hydrogen) atoms. The van der Waals surface area contributed by atoms with Gasteiger partial charge in [0.1, 0.15) is 34.4 Å². The van der Waals surface area contributed by atoms with Crippen LogP contribution in [-0.4, -0.2) is 50.0 Å². The summed E-state index contributed by atoms with van der Waals surface area (Å²) in [6, 6.07) is 6.09. The Morgan fingerprint density at radius 3 is 2.49 bits per heavy atom. The van der Waals surface area contributed by atoms with Crippen molar-refractivity contribution in [3.63, 3.8) is 0 Å². The molecule has 0 N–H and O–H groups in total. The highest BCUT2D eigenvalue weighted by Gasteiger charge is 2.24. The van der Waals surface area contributed by atoms with Crippen LogP contribution in [-0.2, 0) is 4.74 Å². The van der Waals surface area contributed by atoms with Gasteiger partial charge < -0.3 is 9.47 Å². The fourth-order valence-electron chi connectivity index (χ4n) is 4.07. The van der Waals surface area contributed by atoms with Crippen molar-refractivity contribution >= 4 is 11.2 Å². The number of hydrogen-bond donors (Lipinski definition) is 0. The van der Waals surface area contributed by atoms with Crippen LogP contribution in [0.3, 0.4) is 0 Å². The van der Waals surface area contributed by atoms with Crippen LogP contribution in [0.1, 0.15) is 49.2 Å². The van der Waals surface area contributed by atoms with Crippen LogP contribution in [0.25, 0.3) is 22.4 Å². The summed E-state index contributed by atoms with van der Waals surface area (Å²) in [7, 11) is 1.48. The summed E-state index contributed by atoms with van der Waals surface area (Å²) >= 11 is 0. The van der Waals surface area contributed by atoms with E-state index in [-0.39, 0.29) is 17.2 Å². The van der Waals surface area contributed by atoms with Crippen molar-refractivity contribution in [1.82, 2.24) is 29.7 Å². The molecule has 6 rings (SSSR count). The van der Waals surface area contributed by atoms with E-state index in [9.17, 15) is 8.78 Å². The summed E-state index contributed by atoms with van der Waals surface area (Å²) in [4.78, 5) is 18.1. The van der Waals surface area contributed by atoms with Gasteiger partial charge in [-0.2, -0.15) is 5.10 Å². The van der Waals surface area contributed by atoms with Gasteiger partial charge in [0, 0.05) is 43.2 Å². The number of methoxy groups -OCH3 is 1. The standard InChI is InChI=1S/C19H18F2N4O2.C6H8N2/c1-10-19(26-2)24-16-15(13-4-3-12(20)9-14(13)21)23-17(25-18(16)22-10)11-5-7-27-8-6-11;1-4-7-8(5-1)6-2-3-6/h3-4,9,11H,5-8H2,1-2H3;1,4-6H,2-3H2. The number of aromatic nitrogens is 6. The van der Waals surface area contributed by atoms with Gasteiger partial charge in [-0.3, -0.25) is 4.68 Å². The van der Waals surface area contributed by atoms with E-state index in [0.29, 0.717) is 41.8 Å². The lowest BCUT2D eigenvalue weighted by atomic mass is 9.99. The molecule has 10 heteroatoms. The molecule has 182 valence electrons. The van der Waals surface area contributed by atoms with Crippen molar-refractivity contribution in [2.75, 3.05) is 20.3 Å². The van der Waals surface area contributed by atoms with E-state index in [4.69, 9.17) is 9.47 Å². The maximum Gasteiger partial charge on any atom is 0.235 e. The first-order valence-corrected chi connectivity index (χ1v) is 11.7. The Morgan fingerprint density at radius 2 is 1.83 bits per heavy atom. The molecule has 4 heterocycles. The molecule has 2 aliphatic rings. The average Bonchev–Trinajstić information content (AvgIpc) is 3.57. The van der Waals surface area contributed by atoms with Crippen LogP contribution < -0.4 is 4.74 Å². The number of rotatable bonds is 4. The predicted octanol–water partition coefficient (Wildman–Crippen LogP) is 4.79. The largest absolute Gasteiger partial charge is 0.480 e. The van der Waals surface area contributed by atoms with Crippen molar-refractivity contribution in [2.24, 2.45) is 0 Å². The Bertz CT molecular complexity index is 1320. The molecule has 0 amide bonds. The minimum absolute atomic E-state index is 0.0922. The third kappa shape index (κ3) is 5.12. The zero-order valence-electron chi connectivity index (χ0n) is 19.6. The molecule has 1 aliphatic carbocycles. The van der Waals surface area contributed by atoms with Gasteiger partial charge in [0.25, 0.3) is 0 Å². The number of nitrogens with zero attached hydrogens (tertiary/aromatic N) is 6. The molecular formula is C25H26F2N6O2. The quantitative estimate of drug-likeness (QED) is 0.415. The number of halogens is 2. The van der Waals surface area contributed by atoms with E-state index in [1.165, 1.54) is 32.1 Å². The third-order valence-electron chi connectivity index (χ3n) is 6.09. The SMILES string of the molecule is COc1nc2c(-c3ccc(F)cc3F)nc(C3CCOCC3)nc2nc1C.c1cnn(C2CC2)c1. The van der Waals surface area contributed by atoms with Gasteiger partial charge in [0.2, 0.25) is 5.88 Å². The minimum Gasteiger partial charge on any atom is -0.480 e. The topological polar surface area (TPSA) is 87.8 Å². The molecule has 2 fully saturated rings. The first-order chi connectivity index (χ1) is 17.0. The molecule has 3 aromatic heterocycles. The fraction of sp³-hybridized carbons (Fsp3) is 0.400. The number of ether oxygens (including phenoxy) is 2. The number of benzene rings is 1. The normalized spacial score (nSPS) is 16.1. The van der Waals surface area contributed by atoms with Crippen molar-refractivity contribution < 1.29 is 18.3 Å². The zero-order chi connectivity index (χ0) is 24.4. The average molecular weight is 481 g/mol. The van der Waals surface area contributed by atoms with Crippen LogP contribution in [0.4, 0.5) is 8.78 Å². The second kappa shape index (κ2) is 9.99. The van der Waals surface area contributed by atoms with Gasteiger partial charge in [-0.25, -0.2) is 28.7 Å². The van der Waals surface area contributed by atoms with Crippen LogP contribution >= 0.6 is 0 Å². The summed E-state index contributed by atoms with van der Waals surface area (Å²) in [6.07, 6.45) is 8.05. The molecular weight excluding hydrogens is 454 g/mol.